The zero-order valence-corrected chi connectivity index (χ0v) is 14.6. The molecule has 0 spiro atoms. The minimum atomic E-state index is -0.543. The van der Waals surface area contributed by atoms with E-state index in [9.17, 15) is 4.39 Å². The third-order valence-electron chi connectivity index (χ3n) is 3.76. The van der Waals surface area contributed by atoms with Crippen molar-refractivity contribution in [2.75, 3.05) is 6.61 Å². The van der Waals surface area contributed by atoms with E-state index in [0.29, 0.717) is 28.8 Å². The summed E-state index contributed by atoms with van der Waals surface area (Å²) in [6.07, 6.45) is 1.66. The number of nitriles is 1. The van der Waals surface area contributed by atoms with Gasteiger partial charge in [-0.25, -0.2) is 9.37 Å². The Bertz CT molecular complexity index is 979. The van der Waals surface area contributed by atoms with Crippen LogP contribution in [0, 0.1) is 23.1 Å². The van der Waals surface area contributed by atoms with Crippen LogP contribution in [0.25, 0.3) is 21.9 Å². The summed E-state index contributed by atoms with van der Waals surface area (Å²) in [6.45, 7) is 4.62. The summed E-state index contributed by atoms with van der Waals surface area (Å²) in [5.74, 6) is 0.212. The molecule has 3 aromatic rings. The first-order chi connectivity index (χ1) is 12.0. The Balaban J connectivity index is 2.06. The van der Waals surface area contributed by atoms with Gasteiger partial charge in [0.15, 0.2) is 0 Å². The highest BCUT2D eigenvalue weighted by Gasteiger charge is 2.12. The lowest BCUT2D eigenvalue weighted by molar-refractivity contribution is 0.261. The number of hydrogen-bond donors (Lipinski definition) is 0. The fourth-order valence-electron chi connectivity index (χ4n) is 2.56. The molecule has 0 saturated carbocycles. The van der Waals surface area contributed by atoms with Gasteiger partial charge in [0.05, 0.1) is 12.2 Å². The average Bonchev–Trinajstić information content (AvgIpc) is 2.59. The Hall–Kier alpha value is -2.64. The van der Waals surface area contributed by atoms with Crippen molar-refractivity contribution >= 4 is 22.4 Å². The molecule has 5 heteroatoms. The van der Waals surface area contributed by atoms with Gasteiger partial charge in [-0.3, -0.25) is 0 Å². The molecule has 0 bridgehead atoms. The van der Waals surface area contributed by atoms with Crippen molar-refractivity contribution in [1.82, 2.24) is 4.98 Å². The molecular weight excluding hydrogens is 339 g/mol. The van der Waals surface area contributed by atoms with E-state index in [4.69, 9.17) is 21.6 Å². The summed E-state index contributed by atoms with van der Waals surface area (Å²) < 4.78 is 19.6. The maximum absolute atomic E-state index is 14.1. The van der Waals surface area contributed by atoms with Crippen molar-refractivity contribution in [2.45, 2.75) is 13.8 Å². The second kappa shape index (κ2) is 7.08. The summed E-state index contributed by atoms with van der Waals surface area (Å²) in [6, 6.07) is 12.1. The fraction of sp³-hybridized carbons (Fsp3) is 0.200. The van der Waals surface area contributed by atoms with Crippen molar-refractivity contribution in [3.05, 3.63) is 59.0 Å². The molecule has 1 aromatic heterocycles. The minimum absolute atomic E-state index is 0.0261. The summed E-state index contributed by atoms with van der Waals surface area (Å²) in [7, 11) is 0. The molecule has 0 atom stereocenters. The molecule has 0 aliphatic heterocycles. The number of benzene rings is 2. The van der Waals surface area contributed by atoms with Crippen molar-refractivity contribution < 1.29 is 9.13 Å². The highest BCUT2D eigenvalue weighted by molar-refractivity contribution is 6.32. The SMILES string of the molecule is CC(C)COc1ncc(-c2cccc3cc(C#N)c(F)cc23)cc1Cl. The van der Waals surface area contributed by atoms with Gasteiger partial charge < -0.3 is 4.74 Å². The van der Waals surface area contributed by atoms with E-state index in [0.717, 1.165) is 16.5 Å². The number of nitrogens with zero attached hydrogens (tertiary/aromatic N) is 2. The zero-order valence-electron chi connectivity index (χ0n) is 13.9. The van der Waals surface area contributed by atoms with Gasteiger partial charge in [-0.1, -0.05) is 43.6 Å². The second-order valence-electron chi connectivity index (χ2n) is 6.19. The fourth-order valence-corrected chi connectivity index (χ4v) is 2.78. The van der Waals surface area contributed by atoms with Gasteiger partial charge in [0.2, 0.25) is 5.88 Å². The molecular formula is C20H16ClFN2O. The van der Waals surface area contributed by atoms with Gasteiger partial charge in [-0.05, 0) is 40.5 Å². The summed E-state index contributed by atoms with van der Waals surface area (Å²) >= 11 is 6.29. The molecule has 0 unspecified atom stereocenters. The van der Waals surface area contributed by atoms with Crippen LogP contribution in [-0.2, 0) is 0 Å². The average molecular weight is 355 g/mol. The van der Waals surface area contributed by atoms with Gasteiger partial charge in [-0.15, -0.1) is 0 Å². The van der Waals surface area contributed by atoms with E-state index in [1.54, 1.807) is 18.3 Å². The predicted molar refractivity (Wildman–Crippen MR) is 97.2 cm³/mol. The van der Waals surface area contributed by atoms with E-state index in [1.807, 2.05) is 38.1 Å². The third kappa shape index (κ3) is 3.57. The first-order valence-corrected chi connectivity index (χ1v) is 8.28. The molecule has 0 aliphatic carbocycles. The molecule has 3 rings (SSSR count). The zero-order chi connectivity index (χ0) is 18.0. The Morgan fingerprint density at radius 3 is 2.76 bits per heavy atom. The summed E-state index contributed by atoms with van der Waals surface area (Å²) in [5, 5.41) is 10.9. The van der Waals surface area contributed by atoms with Crippen molar-refractivity contribution in [1.29, 1.82) is 5.26 Å². The highest BCUT2D eigenvalue weighted by atomic mass is 35.5. The molecule has 0 amide bonds. The van der Waals surface area contributed by atoms with Crippen LogP contribution in [0.2, 0.25) is 5.02 Å². The van der Waals surface area contributed by atoms with Crippen LogP contribution < -0.4 is 4.74 Å². The molecule has 126 valence electrons. The molecule has 25 heavy (non-hydrogen) atoms. The predicted octanol–water partition coefficient (Wildman–Crippen LogP) is 5.60. The number of halogens is 2. The second-order valence-corrected chi connectivity index (χ2v) is 6.59. The van der Waals surface area contributed by atoms with Crippen LogP contribution in [0.3, 0.4) is 0 Å². The normalized spacial score (nSPS) is 10.9. The van der Waals surface area contributed by atoms with Crippen LogP contribution >= 0.6 is 11.6 Å². The topological polar surface area (TPSA) is 45.9 Å². The lowest BCUT2D eigenvalue weighted by Gasteiger charge is -2.12. The quantitative estimate of drug-likeness (QED) is 0.612. The smallest absolute Gasteiger partial charge is 0.232 e. The summed E-state index contributed by atoms with van der Waals surface area (Å²) in [4.78, 5) is 4.29. The molecule has 0 radical (unpaired) electrons. The molecule has 1 heterocycles. The lowest BCUT2D eigenvalue weighted by atomic mass is 9.98. The number of fused-ring (bicyclic) bond motifs is 1. The standard InChI is InChI=1S/C20H16ClFN2O/c1-12(2)11-25-20-18(21)7-15(10-24-20)16-5-3-4-13-6-14(9-23)19(22)8-17(13)16/h3-8,10,12H,11H2,1-2H3. The van der Waals surface area contributed by atoms with E-state index >= 15 is 0 Å². The van der Waals surface area contributed by atoms with Gasteiger partial charge >= 0.3 is 0 Å². The van der Waals surface area contributed by atoms with Gasteiger partial charge in [0.25, 0.3) is 0 Å². The number of aromatic nitrogens is 1. The number of ether oxygens (including phenoxy) is 1. The monoisotopic (exact) mass is 354 g/mol. The molecule has 0 N–H and O–H groups in total. The van der Waals surface area contributed by atoms with Gasteiger partial charge in [0.1, 0.15) is 16.9 Å². The lowest BCUT2D eigenvalue weighted by Crippen LogP contribution is -2.06. The number of rotatable bonds is 4. The van der Waals surface area contributed by atoms with E-state index < -0.39 is 5.82 Å². The van der Waals surface area contributed by atoms with E-state index in [2.05, 4.69) is 4.98 Å². The largest absolute Gasteiger partial charge is 0.476 e. The first kappa shape index (κ1) is 17.2. The molecule has 0 aliphatic rings. The Morgan fingerprint density at radius 1 is 1.28 bits per heavy atom. The van der Waals surface area contributed by atoms with Crippen LogP contribution in [0.5, 0.6) is 5.88 Å². The van der Waals surface area contributed by atoms with E-state index in [-0.39, 0.29) is 5.56 Å². The Morgan fingerprint density at radius 2 is 2.08 bits per heavy atom. The van der Waals surface area contributed by atoms with Crippen molar-refractivity contribution in [2.24, 2.45) is 5.92 Å². The highest BCUT2D eigenvalue weighted by Crippen LogP contribution is 2.33. The molecule has 0 fully saturated rings. The molecule has 0 saturated heterocycles. The third-order valence-corrected chi connectivity index (χ3v) is 4.03. The van der Waals surface area contributed by atoms with Crippen molar-refractivity contribution in [3.63, 3.8) is 0 Å². The number of hydrogen-bond acceptors (Lipinski definition) is 3. The number of pyridine rings is 1. The molecule has 2 aromatic carbocycles. The maximum Gasteiger partial charge on any atom is 0.232 e. The molecule has 3 nitrogen and oxygen atoms in total. The minimum Gasteiger partial charge on any atom is -0.476 e. The van der Waals surface area contributed by atoms with Crippen LogP contribution in [0.1, 0.15) is 19.4 Å². The van der Waals surface area contributed by atoms with E-state index in [1.165, 1.54) is 6.07 Å². The van der Waals surface area contributed by atoms with Crippen LogP contribution in [-0.4, -0.2) is 11.6 Å². The van der Waals surface area contributed by atoms with Gasteiger partial charge in [-0.2, -0.15) is 5.26 Å². The maximum atomic E-state index is 14.1. The summed E-state index contributed by atoms with van der Waals surface area (Å²) in [5.41, 5.74) is 1.58. The Labute approximate surface area is 150 Å². The van der Waals surface area contributed by atoms with Crippen LogP contribution in [0.4, 0.5) is 4.39 Å². The van der Waals surface area contributed by atoms with Gasteiger partial charge in [0, 0.05) is 11.8 Å². The first-order valence-electron chi connectivity index (χ1n) is 7.90. The Kier molecular flexibility index (Phi) is 4.87. The van der Waals surface area contributed by atoms with Crippen LogP contribution in [0.15, 0.2) is 42.6 Å². The van der Waals surface area contributed by atoms with Crippen molar-refractivity contribution in [3.8, 4) is 23.1 Å².